The molecule has 2 aliphatic heterocycles. The SMILES string of the molecule is Cc1cc(C)nc(N2CCC[C@]3(CCC(=O)N3CC3CCCCC3)CC2)n1. The number of rotatable bonds is 3. The molecule has 1 aliphatic carbocycles. The lowest BCUT2D eigenvalue weighted by Crippen LogP contribution is -2.48. The predicted octanol–water partition coefficient (Wildman–Crippen LogP) is 4.03. The van der Waals surface area contributed by atoms with Crippen LogP contribution in [0, 0.1) is 19.8 Å². The van der Waals surface area contributed by atoms with Gasteiger partial charge >= 0.3 is 0 Å². The van der Waals surface area contributed by atoms with Gasteiger partial charge in [-0.15, -0.1) is 0 Å². The van der Waals surface area contributed by atoms with Gasteiger partial charge < -0.3 is 9.80 Å². The van der Waals surface area contributed by atoms with Crippen molar-refractivity contribution in [1.82, 2.24) is 14.9 Å². The van der Waals surface area contributed by atoms with Gasteiger partial charge in [-0.3, -0.25) is 4.79 Å². The number of aromatic nitrogens is 2. The van der Waals surface area contributed by atoms with Crippen LogP contribution in [0.25, 0.3) is 0 Å². The Balaban J connectivity index is 1.48. The summed E-state index contributed by atoms with van der Waals surface area (Å²) in [5.74, 6) is 1.99. The van der Waals surface area contributed by atoms with E-state index in [1.807, 2.05) is 19.9 Å². The zero-order chi connectivity index (χ0) is 18.9. The van der Waals surface area contributed by atoms with Crippen LogP contribution in [-0.4, -0.2) is 45.9 Å². The lowest BCUT2D eigenvalue weighted by molar-refractivity contribution is -0.132. The number of anilines is 1. The Bertz CT molecular complexity index is 665. The van der Waals surface area contributed by atoms with Crippen molar-refractivity contribution in [2.75, 3.05) is 24.5 Å². The van der Waals surface area contributed by atoms with Gasteiger partial charge in [-0.05, 0) is 64.4 Å². The van der Waals surface area contributed by atoms with Crippen LogP contribution in [0.4, 0.5) is 5.95 Å². The maximum atomic E-state index is 12.8. The van der Waals surface area contributed by atoms with Gasteiger partial charge in [0.25, 0.3) is 0 Å². The summed E-state index contributed by atoms with van der Waals surface area (Å²) in [6.45, 7) is 7.03. The first-order valence-electron chi connectivity index (χ1n) is 10.9. The zero-order valence-electron chi connectivity index (χ0n) is 17.0. The topological polar surface area (TPSA) is 49.3 Å². The van der Waals surface area contributed by atoms with Crippen LogP contribution in [0.2, 0.25) is 0 Å². The fraction of sp³-hybridized carbons (Fsp3) is 0.773. The van der Waals surface area contributed by atoms with Gasteiger partial charge in [0.15, 0.2) is 0 Å². The molecule has 0 N–H and O–H groups in total. The Hall–Kier alpha value is -1.65. The van der Waals surface area contributed by atoms with Crippen molar-refractivity contribution in [1.29, 1.82) is 0 Å². The lowest BCUT2D eigenvalue weighted by Gasteiger charge is -2.40. The van der Waals surface area contributed by atoms with Gasteiger partial charge in [0.1, 0.15) is 0 Å². The molecule has 1 atom stereocenters. The summed E-state index contributed by atoms with van der Waals surface area (Å²) in [6.07, 6.45) is 11.8. The highest BCUT2D eigenvalue weighted by Crippen LogP contribution is 2.41. The second-order valence-corrected chi connectivity index (χ2v) is 9.02. The number of carbonyl (C=O) groups excluding carboxylic acids is 1. The second kappa shape index (κ2) is 7.76. The first-order valence-corrected chi connectivity index (χ1v) is 10.9. The van der Waals surface area contributed by atoms with Crippen LogP contribution in [0.1, 0.15) is 75.6 Å². The molecule has 1 spiro atoms. The van der Waals surface area contributed by atoms with Gasteiger partial charge in [-0.25, -0.2) is 9.97 Å². The smallest absolute Gasteiger partial charge is 0.225 e. The molecule has 0 aromatic carbocycles. The third-order valence-corrected chi connectivity index (χ3v) is 7.01. The van der Waals surface area contributed by atoms with E-state index in [0.717, 1.165) is 75.0 Å². The van der Waals surface area contributed by atoms with E-state index in [0.29, 0.717) is 5.91 Å². The molecule has 1 aromatic rings. The third kappa shape index (κ3) is 3.97. The Morgan fingerprint density at radius 2 is 1.74 bits per heavy atom. The average molecular weight is 371 g/mol. The monoisotopic (exact) mass is 370 g/mol. The molecule has 0 bridgehead atoms. The van der Waals surface area contributed by atoms with Crippen molar-refractivity contribution in [3.8, 4) is 0 Å². The maximum absolute atomic E-state index is 12.8. The highest BCUT2D eigenvalue weighted by Gasteiger charge is 2.46. The highest BCUT2D eigenvalue weighted by atomic mass is 16.2. The van der Waals surface area contributed by atoms with E-state index < -0.39 is 0 Å². The average Bonchev–Trinajstić information content (AvgIpc) is 2.82. The predicted molar refractivity (Wildman–Crippen MR) is 108 cm³/mol. The minimum Gasteiger partial charge on any atom is -0.341 e. The molecule has 2 saturated heterocycles. The number of nitrogens with zero attached hydrogens (tertiary/aromatic N) is 4. The molecule has 4 rings (SSSR count). The summed E-state index contributed by atoms with van der Waals surface area (Å²) >= 11 is 0. The first kappa shape index (κ1) is 18.7. The van der Waals surface area contributed by atoms with Gasteiger partial charge in [-0.2, -0.15) is 0 Å². The van der Waals surface area contributed by atoms with Crippen LogP contribution in [0.5, 0.6) is 0 Å². The Kier molecular flexibility index (Phi) is 5.38. The summed E-state index contributed by atoms with van der Waals surface area (Å²) < 4.78 is 0. The Morgan fingerprint density at radius 1 is 1.00 bits per heavy atom. The standard InChI is InChI=1S/C22H34N4O/c1-17-15-18(2)24-21(23-17)25-13-6-10-22(12-14-25)11-9-20(27)26(22)16-19-7-4-3-5-8-19/h15,19H,3-14,16H2,1-2H3/t22-/m0/s1. The normalized spacial score (nSPS) is 27.4. The summed E-state index contributed by atoms with van der Waals surface area (Å²) in [4.78, 5) is 26.8. The molecule has 1 aromatic heterocycles. The van der Waals surface area contributed by atoms with Gasteiger partial charge in [0, 0.05) is 43.0 Å². The molecular formula is C22H34N4O. The summed E-state index contributed by atoms with van der Waals surface area (Å²) in [5.41, 5.74) is 2.15. The molecule has 27 heavy (non-hydrogen) atoms. The number of aryl methyl sites for hydroxylation is 2. The van der Waals surface area contributed by atoms with Crippen molar-refractivity contribution in [2.45, 2.75) is 83.6 Å². The molecule has 1 saturated carbocycles. The van der Waals surface area contributed by atoms with Crippen LogP contribution < -0.4 is 4.90 Å². The summed E-state index contributed by atoms with van der Waals surface area (Å²) in [5, 5.41) is 0. The highest BCUT2D eigenvalue weighted by molar-refractivity contribution is 5.79. The van der Waals surface area contributed by atoms with E-state index in [1.165, 1.54) is 32.1 Å². The molecule has 1 amide bonds. The Morgan fingerprint density at radius 3 is 2.48 bits per heavy atom. The summed E-state index contributed by atoms with van der Waals surface area (Å²) in [7, 11) is 0. The molecule has 0 radical (unpaired) electrons. The van der Waals surface area contributed by atoms with Crippen LogP contribution in [-0.2, 0) is 4.79 Å². The third-order valence-electron chi connectivity index (χ3n) is 7.01. The van der Waals surface area contributed by atoms with Crippen molar-refractivity contribution in [2.24, 2.45) is 5.92 Å². The van der Waals surface area contributed by atoms with E-state index in [1.54, 1.807) is 0 Å². The molecule has 0 unspecified atom stereocenters. The van der Waals surface area contributed by atoms with E-state index in [-0.39, 0.29) is 5.54 Å². The van der Waals surface area contributed by atoms with Crippen molar-refractivity contribution in [3.63, 3.8) is 0 Å². The van der Waals surface area contributed by atoms with E-state index >= 15 is 0 Å². The minimum absolute atomic E-state index is 0.0855. The molecule has 148 valence electrons. The Labute approximate surface area is 163 Å². The van der Waals surface area contributed by atoms with Crippen LogP contribution in [0.15, 0.2) is 6.07 Å². The second-order valence-electron chi connectivity index (χ2n) is 9.02. The minimum atomic E-state index is 0.0855. The van der Waals surface area contributed by atoms with Crippen molar-refractivity contribution >= 4 is 11.9 Å². The van der Waals surface area contributed by atoms with Crippen LogP contribution >= 0.6 is 0 Å². The van der Waals surface area contributed by atoms with Gasteiger partial charge in [0.2, 0.25) is 11.9 Å². The number of amides is 1. The van der Waals surface area contributed by atoms with E-state index in [4.69, 9.17) is 0 Å². The zero-order valence-corrected chi connectivity index (χ0v) is 17.0. The lowest BCUT2D eigenvalue weighted by atomic mass is 9.84. The molecule has 5 nitrogen and oxygen atoms in total. The van der Waals surface area contributed by atoms with Crippen LogP contribution in [0.3, 0.4) is 0 Å². The number of likely N-dealkylation sites (tertiary alicyclic amines) is 1. The molecule has 3 fully saturated rings. The molecule has 3 heterocycles. The molecular weight excluding hydrogens is 336 g/mol. The molecule has 3 aliphatic rings. The van der Waals surface area contributed by atoms with Crippen molar-refractivity contribution in [3.05, 3.63) is 17.5 Å². The summed E-state index contributed by atoms with van der Waals surface area (Å²) in [6, 6.07) is 2.03. The number of carbonyl (C=O) groups is 1. The number of hydrogen-bond donors (Lipinski definition) is 0. The number of hydrogen-bond acceptors (Lipinski definition) is 4. The fourth-order valence-corrected chi connectivity index (χ4v) is 5.54. The van der Waals surface area contributed by atoms with Gasteiger partial charge in [0.05, 0.1) is 0 Å². The quantitative estimate of drug-likeness (QED) is 0.806. The molecule has 5 heteroatoms. The maximum Gasteiger partial charge on any atom is 0.225 e. The van der Waals surface area contributed by atoms with Crippen molar-refractivity contribution < 1.29 is 4.79 Å². The largest absolute Gasteiger partial charge is 0.341 e. The van der Waals surface area contributed by atoms with E-state index in [2.05, 4.69) is 19.8 Å². The van der Waals surface area contributed by atoms with E-state index in [9.17, 15) is 4.79 Å². The fourth-order valence-electron chi connectivity index (χ4n) is 5.54. The van der Waals surface area contributed by atoms with Gasteiger partial charge in [-0.1, -0.05) is 19.3 Å². The first-order chi connectivity index (χ1) is 13.1.